The summed E-state index contributed by atoms with van der Waals surface area (Å²) in [6.45, 7) is 2.63. The standard InChI is InChI=1S/C27H35N3O/c31-25-27(30(22-28-25)24-13-7-4-8-14-24)17-19-29(20-18-27)26(15-9-1-2-10-16-26)21-23-11-5-3-6-12-23/h3-8,11-14H,1-2,9-10,15-22H2,(H,28,31). The van der Waals surface area contributed by atoms with Gasteiger partial charge in [0.05, 0.1) is 6.67 Å². The maximum Gasteiger partial charge on any atom is 0.247 e. The second-order valence-corrected chi connectivity index (χ2v) is 9.75. The Hall–Kier alpha value is -2.33. The van der Waals surface area contributed by atoms with Crippen LogP contribution in [0.5, 0.6) is 0 Å². The Bertz CT molecular complexity index is 866. The smallest absolute Gasteiger partial charge is 0.247 e. The van der Waals surface area contributed by atoms with E-state index >= 15 is 0 Å². The predicted molar refractivity (Wildman–Crippen MR) is 126 cm³/mol. The van der Waals surface area contributed by atoms with Crippen molar-refractivity contribution in [3.63, 3.8) is 0 Å². The first-order valence-corrected chi connectivity index (χ1v) is 12.1. The van der Waals surface area contributed by atoms with Crippen LogP contribution in [0.4, 0.5) is 5.69 Å². The lowest BCUT2D eigenvalue weighted by Crippen LogP contribution is -2.61. The molecule has 1 aliphatic carbocycles. The Kier molecular flexibility index (Phi) is 5.75. The molecule has 164 valence electrons. The van der Waals surface area contributed by atoms with Crippen molar-refractivity contribution in [2.24, 2.45) is 0 Å². The minimum absolute atomic E-state index is 0.217. The first kappa shape index (κ1) is 20.6. The fourth-order valence-electron chi connectivity index (χ4n) is 6.35. The normalized spacial score (nSPS) is 23.5. The highest BCUT2D eigenvalue weighted by molar-refractivity contribution is 5.93. The van der Waals surface area contributed by atoms with Crippen LogP contribution < -0.4 is 10.2 Å². The number of benzene rings is 2. The summed E-state index contributed by atoms with van der Waals surface area (Å²) in [4.78, 5) is 18.2. The second kappa shape index (κ2) is 8.66. The van der Waals surface area contributed by atoms with Crippen LogP contribution in [0.3, 0.4) is 0 Å². The third-order valence-electron chi connectivity index (χ3n) is 8.08. The molecule has 2 aromatic carbocycles. The number of carbonyl (C=O) groups is 1. The summed E-state index contributed by atoms with van der Waals surface area (Å²) < 4.78 is 0. The molecule has 0 aromatic heterocycles. The Morgan fingerprint density at radius 2 is 1.39 bits per heavy atom. The van der Waals surface area contributed by atoms with Crippen molar-refractivity contribution in [1.82, 2.24) is 10.2 Å². The Balaban J connectivity index is 1.38. The van der Waals surface area contributed by atoms with Crippen molar-refractivity contribution in [2.45, 2.75) is 68.9 Å². The van der Waals surface area contributed by atoms with Crippen LogP contribution in [0, 0.1) is 0 Å². The molecule has 2 heterocycles. The van der Waals surface area contributed by atoms with Gasteiger partial charge in [0.2, 0.25) is 5.91 Å². The predicted octanol–water partition coefficient (Wildman–Crippen LogP) is 4.75. The largest absolute Gasteiger partial charge is 0.339 e. The molecular weight excluding hydrogens is 382 g/mol. The van der Waals surface area contributed by atoms with Crippen LogP contribution in [0.2, 0.25) is 0 Å². The van der Waals surface area contributed by atoms with E-state index in [4.69, 9.17) is 0 Å². The molecular formula is C27H35N3O. The molecule has 2 aromatic rings. The summed E-state index contributed by atoms with van der Waals surface area (Å²) in [5.41, 5.74) is 2.46. The van der Waals surface area contributed by atoms with Gasteiger partial charge in [0.25, 0.3) is 0 Å². The summed E-state index contributed by atoms with van der Waals surface area (Å²) in [5.74, 6) is 0.217. The van der Waals surface area contributed by atoms with Crippen molar-refractivity contribution in [3.05, 3.63) is 66.2 Å². The summed E-state index contributed by atoms with van der Waals surface area (Å²) in [6, 6.07) is 21.5. The van der Waals surface area contributed by atoms with E-state index in [1.165, 1.54) is 44.1 Å². The SMILES string of the molecule is O=C1NCN(c2ccccc2)C12CCN(C1(Cc3ccccc3)CCCCCC1)CC2. The molecule has 0 atom stereocenters. The fourth-order valence-corrected chi connectivity index (χ4v) is 6.35. The maximum atomic E-state index is 13.1. The second-order valence-electron chi connectivity index (χ2n) is 9.75. The van der Waals surface area contributed by atoms with E-state index in [0.29, 0.717) is 6.67 Å². The molecule has 4 heteroatoms. The van der Waals surface area contributed by atoms with Gasteiger partial charge in [-0.05, 0) is 49.8 Å². The number of para-hydroxylation sites is 1. The average Bonchev–Trinajstić information content (AvgIpc) is 2.98. The van der Waals surface area contributed by atoms with Gasteiger partial charge in [0.15, 0.2) is 0 Å². The molecule has 0 unspecified atom stereocenters. The van der Waals surface area contributed by atoms with Gasteiger partial charge in [0, 0.05) is 24.3 Å². The number of piperidine rings is 1. The number of hydrogen-bond acceptors (Lipinski definition) is 3. The Morgan fingerprint density at radius 1 is 0.774 bits per heavy atom. The molecule has 1 spiro atoms. The van der Waals surface area contributed by atoms with Gasteiger partial charge in [0.1, 0.15) is 5.54 Å². The molecule has 1 amide bonds. The highest BCUT2D eigenvalue weighted by atomic mass is 16.2. The van der Waals surface area contributed by atoms with E-state index in [-0.39, 0.29) is 11.4 Å². The summed E-state index contributed by atoms with van der Waals surface area (Å²) >= 11 is 0. The van der Waals surface area contributed by atoms with Gasteiger partial charge in [-0.3, -0.25) is 9.69 Å². The molecule has 5 rings (SSSR count). The van der Waals surface area contributed by atoms with Crippen LogP contribution in [-0.4, -0.2) is 41.6 Å². The van der Waals surface area contributed by atoms with E-state index in [1.54, 1.807) is 0 Å². The molecule has 3 fully saturated rings. The average molecular weight is 418 g/mol. The lowest BCUT2D eigenvalue weighted by Gasteiger charge is -2.51. The van der Waals surface area contributed by atoms with E-state index in [1.807, 2.05) is 6.07 Å². The van der Waals surface area contributed by atoms with Crippen LogP contribution >= 0.6 is 0 Å². The molecule has 1 saturated carbocycles. The van der Waals surface area contributed by atoms with Crippen LogP contribution in [-0.2, 0) is 11.2 Å². The van der Waals surface area contributed by atoms with Crippen molar-refractivity contribution >= 4 is 11.6 Å². The molecule has 31 heavy (non-hydrogen) atoms. The lowest BCUT2D eigenvalue weighted by atomic mass is 9.78. The van der Waals surface area contributed by atoms with Crippen molar-refractivity contribution in [1.29, 1.82) is 0 Å². The maximum absolute atomic E-state index is 13.1. The highest BCUT2D eigenvalue weighted by Crippen LogP contribution is 2.42. The van der Waals surface area contributed by atoms with Gasteiger partial charge in [-0.15, -0.1) is 0 Å². The number of nitrogens with one attached hydrogen (secondary N) is 1. The number of likely N-dealkylation sites (tertiary alicyclic amines) is 1. The first-order chi connectivity index (χ1) is 15.2. The number of rotatable bonds is 4. The van der Waals surface area contributed by atoms with E-state index in [9.17, 15) is 4.79 Å². The third-order valence-corrected chi connectivity index (χ3v) is 8.08. The zero-order chi connectivity index (χ0) is 21.2. The highest BCUT2D eigenvalue weighted by Gasteiger charge is 2.52. The quantitative estimate of drug-likeness (QED) is 0.729. The zero-order valence-electron chi connectivity index (χ0n) is 18.6. The van der Waals surface area contributed by atoms with Gasteiger partial charge in [-0.2, -0.15) is 0 Å². The Morgan fingerprint density at radius 3 is 2.03 bits per heavy atom. The number of carbonyl (C=O) groups excluding carboxylic acids is 1. The first-order valence-electron chi connectivity index (χ1n) is 12.1. The lowest BCUT2D eigenvalue weighted by molar-refractivity contribution is -0.125. The molecule has 2 aliphatic heterocycles. The van der Waals surface area contributed by atoms with Gasteiger partial charge >= 0.3 is 0 Å². The number of amides is 1. The molecule has 4 nitrogen and oxygen atoms in total. The van der Waals surface area contributed by atoms with Crippen molar-refractivity contribution < 1.29 is 4.79 Å². The fraction of sp³-hybridized carbons (Fsp3) is 0.519. The minimum atomic E-state index is -0.392. The number of hydrogen-bond donors (Lipinski definition) is 1. The molecule has 3 aliphatic rings. The van der Waals surface area contributed by atoms with E-state index in [0.717, 1.165) is 38.0 Å². The topological polar surface area (TPSA) is 35.6 Å². The van der Waals surface area contributed by atoms with Gasteiger partial charge in [-0.1, -0.05) is 74.2 Å². The molecule has 0 bridgehead atoms. The molecule has 1 N–H and O–H groups in total. The third kappa shape index (κ3) is 3.87. The zero-order valence-corrected chi connectivity index (χ0v) is 18.6. The van der Waals surface area contributed by atoms with Crippen LogP contribution in [0.1, 0.15) is 56.9 Å². The van der Waals surface area contributed by atoms with Crippen LogP contribution in [0.25, 0.3) is 0 Å². The van der Waals surface area contributed by atoms with Crippen molar-refractivity contribution in [3.8, 4) is 0 Å². The summed E-state index contributed by atoms with van der Waals surface area (Å²) in [7, 11) is 0. The summed E-state index contributed by atoms with van der Waals surface area (Å²) in [6.07, 6.45) is 10.9. The number of nitrogens with zero attached hydrogens (tertiary/aromatic N) is 2. The summed E-state index contributed by atoms with van der Waals surface area (Å²) in [5, 5.41) is 3.15. The number of anilines is 1. The van der Waals surface area contributed by atoms with E-state index in [2.05, 4.69) is 69.7 Å². The molecule has 2 saturated heterocycles. The molecule has 0 radical (unpaired) electrons. The van der Waals surface area contributed by atoms with Gasteiger partial charge < -0.3 is 10.2 Å². The Labute approximate surface area is 186 Å². The monoisotopic (exact) mass is 417 g/mol. The minimum Gasteiger partial charge on any atom is -0.339 e. The van der Waals surface area contributed by atoms with Gasteiger partial charge in [-0.25, -0.2) is 0 Å². The van der Waals surface area contributed by atoms with Crippen LogP contribution in [0.15, 0.2) is 60.7 Å². The van der Waals surface area contributed by atoms with E-state index < -0.39 is 5.54 Å². The van der Waals surface area contributed by atoms with Crippen molar-refractivity contribution in [2.75, 3.05) is 24.7 Å².